The molecule has 2 rings (SSSR count). The van der Waals surface area contributed by atoms with E-state index < -0.39 is 23.7 Å². The van der Waals surface area contributed by atoms with Crippen LogP contribution in [0.4, 0.5) is 4.79 Å². The number of hydrogen-bond acceptors (Lipinski definition) is 5. The fourth-order valence-corrected chi connectivity index (χ4v) is 3.53. The smallest absolute Gasteiger partial charge is 0.407 e. The molecule has 0 saturated carbocycles. The molecule has 1 aromatic heterocycles. The van der Waals surface area contributed by atoms with E-state index in [9.17, 15) is 14.7 Å². The summed E-state index contributed by atoms with van der Waals surface area (Å²) in [6, 6.07) is 3.15. The summed E-state index contributed by atoms with van der Waals surface area (Å²) in [6.45, 7) is 6.75. The average Bonchev–Trinajstić information content (AvgIpc) is 2.92. The van der Waals surface area contributed by atoms with Crippen molar-refractivity contribution in [2.45, 2.75) is 51.3 Å². The highest BCUT2D eigenvalue weighted by Gasteiger charge is 2.32. The standard InChI is InChI=1S/C16H24N2O4S/c1-16(2,3)22-15(21)17-11-6-8-18(9-7-11)13(14(19)20)12-5-4-10-23-12/h4-5,10-11,13H,6-9H2,1-3H3,(H,17,21)(H,19,20). The number of nitrogens with zero attached hydrogens (tertiary/aromatic N) is 1. The molecule has 6 nitrogen and oxygen atoms in total. The van der Waals surface area contributed by atoms with E-state index in [2.05, 4.69) is 5.32 Å². The molecule has 1 saturated heterocycles. The summed E-state index contributed by atoms with van der Waals surface area (Å²) in [5.41, 5.74) is -0.516. The number of thiophene rings is 1. The first-order valence-corrected chi connectivity index (χ1v) is 8.64. The molecular weight excluding hydrogens is 316 g/mol. The Morgan fingerprint density at radius 2 is 2.04 bits per heavy atom. The molecule has 1 aliphatic rings. The van der Waals surface area contributed by atoms with Gasteiger partial charge < -0.3 is 15.2 Å². The number of ether oxygens (including phenoxy) is 1. The van der Waals surface area contributed by atoms with Crippen molar-refractivity contribution in [2.75, 3.05) is 13.1 Å². The summed E-state index contributed by atoms with van der Waals surface area (Å²) >= 11 is 1.46. The maximum Gasteiger partial charge on any atom is 0.407 e. The van der Waals surface area contributed by atoms with Crippen LogP contribution >= 0.6 is 11.3 Å². The van der Waals surface area contributed by atoms with E-state index in [0.717, 1.165) is 4.88 Å². The normalized spacial score (nSPS) is 18.4. The summed E-state index contributed by atoms with van der Waals surface area (Å²) in [5, 5.41) is 14.3. The molecule has 128 valence electrons. The Balaban J connectivity index is 1.88. The third-order valence-corrected chi connectivity index (χ3v) is 4.59. The van der Waals surface area contributed by atoms with Gasteiger partial charge in [-0.1, -0.05) is 6.07 Å². The van der Waals surface area contributed by atoms with Crippen molar-refractivity contribution in [1.82, 2.24) is 10.2 Å². The van der Waals surface area contributed by atoms with Gasteiger partial charge in [-0.2, -0.15) is 0 Å². The van der Waals surface area contributed by atoms with Gasteiger partial charge in [-0.15, -0.1) is 11.3 Å². The number of likely N-dealkylation sites (tertiary alicyclic amines) is 1. The molecule has 0 radical (unpaired) electrons. The predicted octanol–water partition coefficient (Wildman–Crippen LogP) is 2.86. The Morgan fingerprint density at radius 1 is 1.39 bits per heavy atom. The van der Waals surface area contributed by atoms with Gasteiger partial charge in [-0.25, -0.2) is 4.79 Å². The summed E-state index contributed by atoms with van der Waals surface area (Å²) in [4.78, 5) is 26.2. The lowest BCUT2D eigenvalue weighted by atomic mass is 10.0. The molecule has 23 heavy (non-hydrogen) atoms. The second-order valence-corrected chi connectivity index (χ2v) is 7.69. The van der Waals surface area contributed by atoms with Gasteiger partial charge >= 0.3 is 12.1 Å². The number of carbonyl (C=O) groups is 2. The quantitative estimate of drug-likeness (QED) is 0.881. The molecule has 2 N–H and O–H groups in total. The number of hydrogen-bond donors (Lipinski definition) is 2. The zero-order valence-corrected chi connectivity index (χ0v) is 14.6. The number of amides is 1. The van der Waals surface area contributed by atoms with E-state index in [1.807, 2.05) is 43.2 Å². The van der Waals surface area contributed by atoms with Gasteiger partial charge in [0.05, 0.1) is 0 Å². The van der Waals surface area contributed by atoms with Crippen molar-refractivity contribution >= 4 is 23.4 Å². The zero-order valence-electron chi connectivity index (χ0n) is 13.7. The van der Waals surface area contributed by atoms with E-state index in [1.54, 1.807) is 0 Å². The number of carbonyl (C=O) groups excluding carboxylic acids is 1. The minimum absolute atomic E-state index is 0.0267. The average molecular weight is 340 g/mol. The van der Waals surface area contributed by atoms with Crippen molar-refractivity contribution in [2.24, 2.45) is 0 Å². The second-order valence-electron chi connectivity index (χ2n) is 6.71. The predicted molar refractivity (Wildman–Crippen MR) is 88.7 cm³/mol. The molecule has 1 fully saturated rings. The Bertz CT molecular complexity index is 531. The van der Waals surface area contributed by atoms with Crippen LogP contribution in [0.15, 0.2) is 17.5 Å². The fourth-order valence-electron chi connectivity index (χ4n) is 2.68. The second kappa shape index (κ2) is 7.31. The van der Waals surface area contributed by atoms with Crippen LogP contribution in [-0.4, -0.2) is 46.8 Å². The Hall–Kier alpha value is -1.60. The van der Waals surface area contributed by atoms with Crippen molar-refractivity contribution in [3.05, 3.63) is 22.4 Å². The molecule has 7 heteroatoms. The lowest BCUT2D eigenvalue weighted by Crippen LogP contribution is -2.47. The van der Waals surface area contributed by atoms with E-state index in [1.165, 1.54) is 11.3 Å². The van der Waals surface area contributed by atoms with E-state index in [0.29, 0.717) is 25.9 Å². The van der Waals surface area contributed by atoms with Gasteiger partial charge in [-0.3, -0.25) is 9.69 Å². The molecule has 1 unspecified atom stereocenters. The number of rotatable bonds is 4. The van der Waals surface area contributed by atoms with E-state index in [4.69, 9.17) is 4.74 Å². The van der Waals surface area contributed by atoms with Crippen LogP contribution < -0.4 is 5.32 Å². The Labute approximate surface area is 140 Å². The molecule has 0 aromatic carbocycles. The number of piperidine rings is 1. The van der Waals surface area contributed by atoms with Crippen molar-refractivity contribution in [3.8, 4) is 0 Å². The minimum atomic E-state index is -0.828. The molecule has 0 spiro atoms. The highest BCUT2D eigenvalue weighted by atomic mass is 32.1. The van der Waals surface area contributed by atoms with Crippen molar-refractivity contribution < 1.29 is 19.4 Å². The number of carboxylic acid groups (broad SMARTS) is 1. The SMILES string of the molecule is CC(C)(C)OC(=O)NC1CCN(C(C(=O)O)c2cccs2)CC1. The zero-order chi connectivity index (χ0) is 17.0. The lowest BCUT2D eigenvalue weighted by molar-refractivity contribution is -0.144. The molecule has 1 amide bonds. The van der Waals surface area contributed by atoms with Crippen LogP contribution in [0.2, 0.25) is 0 Å². The summed E-state index contributed by atoms with van der Waals surface area (Å²) in [7, 11) is 0. The Kier molecular flexibility index (Phi) is 5.64. The van der Waals surface area contributed by atoms with Crippen LogP contribution in [0.5, 0.6) is 0 Å². The van der Waals surface area contributed by atoms with Crippen molar-refractivity contribution in [3.63, 3.8) is 0 Å². The summed E-state index contributed by atoms with van der Waals surface area (Å²) in [5.74, 6) is -0.828. The number of aliphatic carboxylic acids is 1. The topological polar surface area (TPSA) is 78.9 Å². The number of carboxylic acids is 1. The monoisotopic (exact) mass is 340 g/mol. The molecule has 1 aliphatic heterocycles. The van der Waals surface area contributed by atoms with Crippen molar-refractivity contribution in [1.29, 1.82) is 0 Å². The minimum Gasteiger partial charge on any atom is -0.480 e. The van der Waals surface area contributed by atoms with Gasteiger partial charge in [0.2, 0.25) is 0 Å². The highest BCUT2D eigenvalue weighted by Crippen LogP contribution is 2.28. The first kappa shape index (κ1) is 17.7. The maximum absolute atomic E-state index is 11.8. The van der Waals surface area contributed by atoms with Crippen LogP contribution in [-0.2, 0) is 9.53 Å². The first-order chi connectivity index (χ1) is 10.8. The summed E-state index contributed by atoms with van der Waals surface area (Å²) < 4.78 is 5.26. The maximum atomic E-state index is 11.8. The number of nitrogens with one attached hydrogen (secondary N) is 1. The van der Waals surface area contributed by atoms with Gasteiger partial charge in [0.1, 0.15) is 11.6 Å². The molecule has 2 heterocycles. The van der Waals surface area contributed by atoms with Crippen LogP contribution in [0.3, 0.4) is 0 Å². The molecular formula is C16H24N2O4S. The fraction of sp³-hybridized carbons (Fsp3) is 0.625. The van der Waals surface area contributed by atoms with Gasteiger partial charge in [-0.05, 0) is 45.1 Å². The third-order valence-electron chi connectivity index (χ3n) is 3.66. The van der Waals surface area contributed by atoms with Gasteiger partial charge in [0.25, 0.3) is 0 Å². The number of alkyl carbamates (subject to hydrolysis) is 1. The Morgan fingerprint density at radius 3 is 2.52 bits per heavy atom. The molecule has 1 atom stereocenters. The van der Waals surface area contributed by atoms with Crippen LogP contribution in [0, 0.1) is 0 Å². The molecule has 0 bridgehead atoms. The largest absolute Gasteiger partial charge is 0.480 e. The lowest BCUT2D eigenvalue weighted by Gasteiger charge is -2.35. The van der Waals surface area contributed by atoms with Gasteiger partial charge in [0, 0.05) is 24.0 Å². The molecule has 1 aromatic rings. The first-order valence-electron chi connectivity index (χ1n) is 7.76. The molecule has 0 aliphatic carbocycles. The van der Waals surface area contributed by atoms with Gasteiger partial charge in [0.15, 0.2) is 0 Å². The summed E-state index contributed by atoms with van der Waals surface area (Å²) in [6.07, 6.45) is 1.02. The highest BCUT2D eigenvalue weighted by molar-refractivity contribution is 7.10. The third kappa shape index (κ3) is 5.21. The van der Waals surface area contributed by atoms with E-state index in [-0.39, 0.29) is 6.04 Å². The van der Waals surface area contributed by atoms with E-state index >= 15 is 0 Å². The van der Waals surface area contributed by atoms with Crippen LogP contribution in [0.25, 0.3) is 0 Å². The van der Waals surface area contributed by atoms with Crippen LogP contribution in [0.1, 0.15) is 44.5 Å².